The number of aromatic nitrogens is 3. The highest BCUT2D eigenvalue weighted by atomic mass is 127. The van der Waals surface area contributed by atoms with Crippen molar-refractivity contribution in [1.29, 1.82) is 0 Å². The highest BCUT2D eigenvalue weighted by Gasteiger charge is 2.08. The summed E-state index contributed by atoms with van der Waals surface area (Å²) in [7, 11) is 0. The topological polar surface area (TPSA) is 71.8 Å². The second-order valence-electron chi connectivity index (χ2n) is 4.70. The van der Waals surface area contributed by atoms with Crippen LogP contribution in [0.15, 0.2) is 24.4 Å². The molecule has 21 heavy (non-hydrogen) atoms. The third-order valence-corrected chi connectivity index (χ3v) is 3.58. The number of nitrogens with one attached hydrogen (secondary N) is 2. The lowest BCUT2D eigenvalue weighted by Crippen LogP contribution is -2.19. The summed E-state index contributed by atoms with van der Waals surface area (Å²) >= 11 is 2.25. The van der Waals surface area contributed by atoms with E-state index in [4.69, 9.17) is 0 Å². The second-order valence-corrected chi connectivity index (χ2v) is 5.94. The summed E-state index contributed by atoms with van der Waals surface area (Å²) in [6.45, 7) is 5.70. The van der Waals surface area contributed by atoms with Gasteiger partial charge in [-0.3, -0.25) is 4.79 Å². The molecule has 2 rings (SSSR count). The average Bonchev–Trinajstić information content (AvgIpc) is 2.87. The standard InChI is InChI=1S/C14H18IN5O/c1-3-16-7-12-8-20(19-18-12)9-14(21)17-13-5-4-11(15)6-10(13)2/h4-6,8,16H,3,7,9H2,1-2H3,(H,17,21). The van der Waals surface area contributed by atoms with Gasteiger partial charge in [0.15, 0.2) is 0 Å². The van der Waals surface area contributed by atoms with Crippen LogP contribution in [0.5, 0.6) is 0 Å². The largest absolute Gasteiger partial charge is 0.324 e. The third kappa shape index (κ3) is 4.78. The SMILES string of the molecule is CCNCc1cn(CC(=O)Nc2ccc(I)cc2C)nn1. The van der Waals surface area contributed by atoms with Crippen LogP contribution < -0.4 is 10.6 Å². The van der Waals surface area contributed by atoms with Gasteiger partial charge in [-0.25, -0.2) is 4.68 Å². The fraction of sp³-hybridized carbons (Fsp3) is 0.357. The van der Waals surface area contributed by atoms with Crippen LogP contribution in [0.3, 0.4) is 0 Å². The maximum Gasteiger partial charge on any atom is 0.246 e. The quantitative estimate of drug-likeness (QED) is 0.729. The summed E-state index contributed by atoms with van der Waals surface area (Å²) in [5, 5.41) is 14.0. The summed E-state index contributed by atoms with van der Waals surface area (Å²) in [5.74, 6) is -0.112. The van der Waals surface area contributed by atoms with Crippen molar-refractivity contribution in [2.24, 2.45) is 0 Å². The normalized spacial score (nSPS) is 10.6. The zero-order valence-corrected chi connectivity index (χ0v) is 14.2. The van der Waals surface area contributed by atoms with Crippen LogP contribution in [0, 0.1) is 10.5 Å². The predicted molar refractivity (Wildman–Crippen MR) is 89.9 cm³/mol. The molecule has 0 radical (unpaired) electrons. The number of aryl methyl sites for hydroxylation is 1. The molecule has 0 spiro atoms. The molecular weight excluding hydrogens is 381 g/mol. The van der Waals surface area contributed by atoms with Gasteiger partial charge in [0.2, 0.25) is 5.91 Å². The van der Waals surface area contributed by atoms with Gasteiger partial charge < -0.3 is 10.6 Å². The highest BCUT2D eigenvalue weighted by molar-refractivity contribution is 14.1. The fourth-order valence-electron chi connectivity index (χ4n) is 1.85. The first-order valence-electron chi connectivity index (χ1n) is 6.74. The van der Waals surface area contributed by atoms with E-state index in [0.29, 0.717) is 6.54 Å². The molecule has 112 valence electrons. The van der Waals surface area contributed by atoms with E-state index < -0.39 is 0 Å². The van der Waals surface area contributed by atoms with Crippen molar-refractivity contribution in [3.05, 3.63) is 39.2 Å². The molecule has 0 bridgehead atoms. The molecule has 0 atom stereocenters. The number of halogens is 1. The first kappa shape index (κ1) is 15.9. The maximum atomic E-state index is 12.0. The van der Waals surface area contributed by atoms with Gasteiger partial charge in [0.25, 0.3) is 0 Å². The molecule has 1 aromatic heterocycles. The minimum Gasteiger partial charge on any atom is -0.324 e. The summed E-state index contributed by atoms with van der Waals surface area (Å²) in [5.41, 5.74) is 2.70. The Bertz CT molecular complexity index is 626. The zero-order chi connectivity index (χ0) is 15.2. The predicted octanol–water partition coefficient (Wildman–Crippen LogP) is 1.94. The Morgan fingerprint density at radius 1 is 1.43 bits per heavy atom. The first-order valence-corrected chi connectivity index (χ1v) is 7.82. The molecule has 0 unspecified atom stereocenters. The van der Waals surface area contributed by atoms with Crippen molar-refractivity contribution in [2.75, 3.05) is 11.9 Å². The van der Waals surface area contributed by atoms with Crippen LogP contribution in [0.1, 0.15) is 18.2 Å². The monoisotopic (exact) mass is 399 g/mol. The van der Waals surface area contributed by atoms with E-state index in [1.807, 2.05) is 32.0 Å². The number of benzene rings is 1. The molecule has 0 aliphatic carbocycles. The Hall–Kier alpha value is -1.48. The van der Waals surface area contributed by atoms with Crippen molar-refractivity contribution in [3.8, 4) is 0 Å². The van der Waals surface area contributed by atoms with E-state index in [-0.39, 0.29) is 12.5 Å². The summed E-state index contributed by atoms with van der Waals surface area (Å²) < 4.78 is 2.69. The minimum atomic E-state index is -0.112. The number of carbonyl (C=O) groups excluding carboxylic acids is 1. The molecule has 6 nitrogen and oxygen atoms in total. The van der Waals surface area contributed by atoms with Crippen molar-refractivity contribution >= 4 is 34.2 Å². The van der Waals surface area contributed by atoms with E-state index in [0.717, 1.165) is 27.1 Å². The molecule has 0 fully saturated rings. The van der Waals surface area contributed by atoms with Gasteiger partial charge in [0.05, 0.1) is 11.9 Å². The Morgan fingerprint density at radius 3 is 2.95 bits per heavy atom. The smallest absolute Gasteiger partial charge is 0.246 e. The Balaban J connectivity index is 1.93. The molecule has 0 saturated heterocycles. The van der Waals surface area contributed by atoms with Gasteiger partial charge in [0.1, 0.15) is 6.54 Å². The molecule has 0 aliphatic rings. The summed E-state index contributed by atoms with van der Waals surface area (Å²) in [4.78, 5) is 12.0. The Kier molecular flexibility index (Phi) is 5.68. The molecule has 7 heteroatoms. The number of hydrogen-bond acceptors (Lipinski definition) is 4. The van der Waals surface area contributed by atoms with E-state index in [2.05, 4.69) is 43.5 Å². The van der Waals surface area contributed by atoms with Gasteiger partial charge in [-0.15, -0.1) is 5.10 Å². The molecule has 2 N–H and O–H groups in total. The Morgan fingerprint density at radius 2 is 2.24 bits per heavy atom. The molecule has 0 aliphatic heterocycles. The van der Waals surface area contributed by atoms with Crippen LogP contribution in [0.2, 0.25) is 0 Å². The van der Waals surface area contributed by atoms with E-state index in [1.165, 1.54) is 0 Å². The molecule has 1 aromatic carbocycles. The number of rotatable bonds is 6. The second kappa shape index (κ2) is 7.51. The number of carbonyl (C=O) groups is 1. The van der Waals surface area contributed by atoms with Crippen LogP contribution in [-0.2, 0) is 17.9 Å². The lowest BCUT2D eigenvalue weighted by atomic mass is 10.2. The molecule has 0 saturated carbocycles. The van der Waals surface area contributed by atoms with Crippen LogP contribution in [0.4, 0.5) is 5.69 Å². The average molecular weight is 399 g/mol. The number of amides is 1. The highest BCUT2D eigenvalue weighted by Crippen LogP contribution is 2.17. The lowest BCUT2D eigenvalue weighted by molar-refractivity contribution is -0.116. The van der Waals surface area contributed by atoms with Gasteiger partial charge >= 0.3 is 0 Å². The maximum absolute atomic E-state index is 12.0. The van der Waals surface area contributed by atoms with Crippen LogP contribution in [-0.4, -0.2) is 27.4 Å². The third-order valence-electron chi connectivity index (χ3n) is 2.91. The lowest BCUT2D eigenvalue weighted by Gasteiger charge is -2.08. The van der Waals surface area contributed by atoms with Gasteiger partial charge in [-0.1, -0.05) is 12.1 Å². The van der Waals surface area contributed by atoms with Crippen molar-refractivity contribution in [1.82, 2.24) is 20.3 Å². The van der Waals surface area contributed by atoms with Crippen molar-refractivity contribution < 1.29 is 4.79 Å². The number of nitrogens with zero attached hydrogens (tertiary/aromatic N) is 3. The van der Waals surface area contributed by atoms with Gasteiger partial charge in [-0.2, -0.15) is 0 Å². The fourth-order valence-corrected chi connectivity index (χ4v) is 2.50. The van der Waals surface area contributed by atoms with E-state index in [9.17, 15) is 4.79 Å². The van der Waals surface area contributed by atoms with Crippen molar-refractivity contribution in [3.63, 3.8) is 0 Å². The molecular formula is C14H18IN5O. The first-order chi connectivity index (χ1) is 10.1. The number of anilines is 1. The summed E-state index contributed by atoms with van der Waals surface area (Å²) in [6.07, 6.45) is 1.78. The summed E-state index contributed by atoms with van der Waals surface area (Å²) in [6, 6.07) is 5.90. The van der Waals surface area contributed by atoms with Crippen LogP contribution in [0.25, 0.3) is 0 Å². The van der Waals surface area contributed by atoms with E-state index in [1.54, 1.807) is 10.9 Å². The van der Waals surface area contributed by atoms with Gasteiger partial charge in [-0.05, 0) is 59.8 Å². The van der Waals surface area contributed by atoms with Crippen molar-refractivity contribution in [2.45, 2.75) is 26.9 Å². The number of hydrogen-bond donors (Lipinski definition) is 2. The van der Waals surface area contributed by atoms with Gasteiger partial charge in [0, 0.05) is 15.8 Å². The van der Waals surface area contributed by atoms with E-state index >= 15 is 0 Å². The molecule has 1 amide bonds. The molecule has 2 aromatic rings. The zero-order valence-electron chi connectivity index (χ0n) is 12.1. The molecule has 1 heterocycles. The van der Waals surface area contributed by atoms with Crippen LogP contribution >= 0.6 is 22.6 Å². The minimum absolute atomic E-state index is 0.112. The Labute approximate surface area is 137 Å².